The van der Waals surface area contributed by atoms with E-state index in [1.165, 1.54) is 0 Å². The Morgan fingerprint density at radius 2 is 1.77 bits per heavy atom. The lowest BCUT2D eigenvalue weighted by Gasteiger charge is -2.32. The average Bonchev–Trinajstić information content (AvgIpc) is 2.99. The number of hydrogen-bond donors (Lipinski definition) is 1. The van der Waals surface area contributed by atoms with Crippen LogP contribution < -0.4 is 5.32 Å². The maximum absolute atomic E-state index is 12.3. The molecule has 1 aliphatic heterocycles. The van der Waals surface area contributed by atoms with Gasteiger partial charge in [0.25, 0.3) is 10.7 Å². The van der Waals surface area contributed by atoms with Crippen LogP contribution in [0.15, 0.2) is 59.0 Å². The SMILES string of the molecule is O=C(NC1CCN(Cn2c(=S)oc3ccccc32)CC1)c1ccccc1. The Kier molecular flexibility index (Phi) is 4.86. The van der Waals surface area contributed by atoms with E-state index in [0.717, 1.165) is 43.7 Å². The van der Waals surface area contributed by atoms with E-state index in [1.807, 2.05) is 59.2 Å². The molecule has 1 aliphatic rings. The van der Waals surface area contributed by atoms with Gasteiger partial charge in [0.05, 0.1) is 12.2 Å². The molecule has 5 nitrogen and oxygen atoms in total. The van der Waals surface area contributed by atoms with Crippen molar-refractivity contribution in [1.29, 1.82) is 0 Å². The number of hydrogen-bond acceptors (Lipinski definition) is 4. The van der Waals surface area contributed by atoms with E-state index in [4.69, 9.17) is 16.6 Å². The highest BCUT2D eigenvalue weighted by molar-refractivity contribution is 7.71. The topological polar surface area (TPSA) is 50.4 Å². The molecule has 0 atom stereocenters. The number of aromatic nitrogens is 1. The first-order valence-electron chi connectivity index (χ1n) is 8.87. The lowest BCUT2D eigenvalue weighted by atomic mass is 10.0. The lowest BCUT2D eigenvalue weighted by Crippen LogP contribution is -2.45. The van der Waals surface area contributed by atoms with Crippen LogP contribution in [0, 0.1) is 4.84 Å². The average molecular weight is 367 g/mol. The zero-order chi connectivity index (χ0) is 17.9. The number of oxazole rings is 1. The quantitative estimate of drug-likeness (QED) is 0.713. The molecule has 1 fully saturated rings. The van der Waals surface area contributed by atoms with Crippen LogP contribution in [0.4, 0.5) is 0 Å². The fourth-order valence-electron chi connectivity index (χ4n) is 3.42. The molecule has 0 spiro atoms. The second-order valence-electron chi connectivity index (χ2n) is 6.64. The molecule has 0 unspecified atom stereocenters. The number of likely N-dealkylation sites (tertiary alicyclic amines) is 1. The summed E-state index contributed by atoms with van der Waals surface area (Å²) >= 11 is 5.37. The normalized spacial score (nSPS) is 16.0. The maximum atomic E-state index is 12.3. The van der Waals surface area contributed by atoms with Gasteiger partial charge >= 0.3 is 0 Å². The van der Waals surface area contributed by atoms with Gasteiger partial charge in [-0.25, -0.2) is 0 Å². The van der Waals surface area contributed by atoms with E-state index in [2.05, 4.69) is 10.2 Å². The van der Waals surface area contributed by atoms with Crippen LogP contribution in [-0.2, 0) is 6.67 Å². The zero-order valence-electron chi connectivity index (χ0n) is 14.4. The van der Waals surface area contributed by atoms with Crippen LogP contribution in [0.1, 0.15) is 23.2 Å². The molecular formula is C20H21N3O2S. The number of benzene rings is 2. The molecule has 0 bridgehead atoms. The number of rotatable bonds is 4. The first-order chi connectivity index (χ1) is 12.7. The number of piperidine rings is 1. The van der Waals surface area contributed by atoms with Gasteiger partial charge in [-0.2, -0.15) is 0 Å². The summed E-state index contributed by atoms with van der Waals surface area (Å²) in [5, 5.41) is 3.14. The molecule has 4 rings (SSSR count). The van der Waals surface area contributed by atoms with Gasteiger partial charge in [0, 0.05) is 24.7 Å². The van der Waals surface area contributed by atoms with Gasteiger partial charge in [0.1, 0.15) is 0 Å². The van der Waals surface area contributed by atoms with E-state index in [0.29, 0.717) is 10.4 Å². The lowest BCUT2D eigenvalue weighted by molar-refractivity contribution is 0.0899. The molecule has 0 radical (unpaired) electrons. The molecule has 2 heterocycles. The smallest absolute Gasteiger partial charge is 0.270 e. The van der Waals surface area contributed by atoms with Crippen molar-refractivity contribution < 1.29 is 9.21 Å². The van der Waals surface area contributed by atoms with Crippen LogP contribution >= 0.6 is 12.2 Å². The Morgan fingerprint density at radius 3 is 2.54 bits per heavy atom. The Hall–Kier alpha value is -2.44. The molecule has 1 saturated heterocycles. The number of carbonyl (C=O) groups excluding carboxylic acids is 1. The number of nitrogens with one attached hydrogen (secondary N) is 1. The van der Waals surface area contributed by atoms with E-state index in [1.54, 1.807) is 0 Å². The van der Waals surface area contributed by atoms with Crippen LogP contribution in [0.3, 0.4) is 0 Å². The van der Waals surface area contributed by atoms with Crippen LogP contribution in [-0.4, -0.2) is 34.5 Å². The minimum Gasteiger partial charge on any atom is -0.429 e. The monoisotopic (exact) mass is 367 g/mol. The predicted molar refractivity (Wildman–Crippen MR) is 104 cm³/mol. The van der Waals surface area contributed by atoms with Crippen LogP contribution in [0.25, 0.3) is 11.1 Å². The molecule has 134 valence electrons. The van der Waals surface area contributed by atoms with Crippen molar-refractivity contribution in [2.45, 2.75) is 25.6 Å². The minimum atomic E-state index is 0.00657. The van der Waals surface area contributed by atoms with Gasteiger partial charge < -0.3 is 9.73 Å². The fraction of sp³-hybridized carbons (Fsp3) is 0.300. The van der Waals surface area contributed by atoms with Gasteiger partial charge in [-0.15, -0.1) is 0 Å². The van der Waals surface area contributed by atoms with E-state index >= 15 is 0 Å². The van der Waals surface area contributed by atoms with Gasteiger partial charge in [0.2, 0.25) is 0 Å². The predicted octanol–water partition coefficient (Wildman–Crippen LogP) is 3.82. The third kappa shape index (κ3) is 3.57. The number of nitrogens with zero attached hydrogens (tertiary/aromatic N) is 2. The molecule has 26 heavy (non-hydrogen) atoms. The molecular weight excluding hydrogens is 346 g/mol. The highest BCUT2D eigenvalue weighted by Crippen LogP contribution is 2.19. The third-order valence-electron chi connectivity index (χ3n) is 4.87. The van der Waals surface area contributed by atoms with Gasteiger partial charge in [-0.3, -0.25) is 14.3 Å². The number of carbonyl (C=O) groups is 1. The van der Waals surface area contributed by atoms with Crippen molar-refractivity contribution in [2.24, 2.45) is 0 Å². The van der Waals surface area contributed by atoms with Crippen molar-refractivity contribution in [1.82, 2.24) is 14.8 Å². The number of fused-ring (bicyclic) bond motifs is 1. The summed E-state index contributed by atoms with van der Waals surface area (Å²) in [6.45, 7) is 2.55. The van der Waals surface area contributed by atoms with Crippen LogP contribution in [0.2, 0.25) is 0 Å². The second-order valence-corrected chi connectivity index (χ2v) is 6.99. The summed E-state index contributed by atoms with van der Waals surface area (Å²) in [7, 11) is 0. The maximum Gasteiger partial charge on any atom is 0.270 e. The Morgan fingerprint density at radius 1 is 1.08 bits per heavy atom. The summed E-state index contributed by atoms with van der Waals surface area (Å²) < 4.78 is 7.69. The zero-order valence-corrected chi connectivity index (χ0v) is 15.2. The number of amides is 1. The molecule has 1 amide bonds. The highest BCUT2D eigenvalue weighted by atomic mass is 32.1. The highest BCUT2D eigenvalue weighted by Gasteiger charge is 2.22. The van der Waals surface area contributed by atoms with E-state index < -0.39 is 0 Å². The standard InChI is InChI=1S/C20H21N3O2S/c24-19(15-6-2-1-3-7-15)21-16-10-12-22(13-11-16)14-23-17-8-4-5-9-18(17)25-20(23)26/h1-9,16H,10-14H2,(H,21,24). The summed E-state index contributed by atoms with van der Waals surface area (Å²) in [6.07, 6.45) is 1.86. The fourth-order valence-corrected chi connectivity index (χ4v) is 3.67. The Balaban J connectivity index is 1.36. The summed E-state index contributed by atoms with van der Waals surface area (Å²) in [6, 6.07) is 17.5. The second kappa shape index (κ2) is 7.43. The molecule has 0 aliphatic carbocycles. The van der Waals surface area contributed by atoms with Crippen molar-refractivity contribution in [3.8, 4) is 0 Å². The summed E-state index contributed by atoms with van der Waals surface area (Å²) in [4.78, 5) is 15.1. The molecule has 3 aromatic rings. The summed E-state index contributed by atoms with van der Waals surface area (Å²) in [5.74, 6) is 0.00657. The van der Waals surface area contributed by atoms with E-state index in [-0.39, 0.29) is 11.9 Å². The van der Waals surface area contributed by atoms with E-state index in [9.17, 15) is 4.79 Å². The summed E-state index contributed by atoms with van der Waals surface area (Å²) in [5.41, 5.74) is 2.56. The third-order valence-corrected chi connectivity index (χ3v) is 5.18. The van der Waals surface area contributed by atoms with Gasteiger partial charge in [-0.1, -0.05) is 30.3 Å². The van der Waals surface area contributed by atoms with Crippen molar-refractivity contribution in [3.63, 3.8) is 0 Å². The molecule has 1 N–H and O–H groups in total. The van der Waals surface area contributed by atoms with Crippen molar-refractivity contribution >= 4 is 29.2 Å². The first-order valence-corrected chi connectivity index (χ1v) is 9.28. The Bertz CT molecular complexity index is 956. The Labute approximate surface area is 157 Å². The number of para-hydroxylation sites is 2. The van der Waals surface area contributed by atoms with Gasteiger partial charge in [0.15, 0.2) is 5.58 Å². The molecule has 2 aromatic carbocycles. The molecule has 6 heteroatoms. The minimum absolute atomic E-state index is 0.00657. The van der Waals surface area contributed by atoms with Crippen LogP contribution in [0.5, 0.6) is 0 Å². The molecule has 0 saturated carbocycles. The van der Waals surface area contributed by atoms with Gasteiger partial charge in [-0.05, 0) is 49.3 Å². The van der Waals surface area contributed by atoms with Crippen molar-refractivity contribution in [2.75, 3.05) is 13.1 Å². The largest absolute Gasteiger partial charge is 0.429 e. The van der Waals surface area contributed by atoms with Crippen molar-refractivity contribution in [3.05, 3.63) is 65.0 Å². The first kappa shape index (κ1) is 17.0. The molecule has 1 aromatic heterocycles.